The summed E-state index contributed by atoms with van der Waals surface area (Å²) in [6.07, 6.45) is 5.93. The van der Waals surface area contributed by atoms with Crippen molar-refractivity contribution in [2.75, 3.05) is 6.54 Å². The van der Waals surface area contributed by atoms with Gasteiger partial charge in [-0.05, 0) is 40.0 Å². The standard InChI is InChI=1S/C13H17BrN4O2S/c14-12-8-11(9-15)2-3-13(12)21(19,20)17-4-1-6-18-7-5-16-10-18/h2-3,5,7-8,10,17H,1,4,6,9,15H2. The van der Waals surface area contributed by atoms with Crippen LogP contribution in [-0.2, 0) is 23.1 Å². The Bertz CT molecular complexity index is 686. The lowest BCUT2D eigenvalue weighted by Gasteiger charge is -2.09. The molecule has 0 atom stereocenters. The first-order chi connectivity index (χ1) is 10.0. The number of sulfonamides is 1. The van der Waals surface area contributed by atoms with Gasteiger partial charge in [-0.15, -0.1) is 0 Å². The molecule has 0 aliphatic carbocycles. The minimum Gasteiger partial charge on any atom is -0.337 e. The quantitative estimate of drug-likeness (QED) is 0.720. The normalized spacial score (nSPS) is 11.7. The summed E-state index contributed by atoms with van der Waals surface area (Å²) in [5.41, 5.74) is 6.40. The largest absolute Gasteiger partial charge is 0.337 e. The summed E-state index contributed by atoms with van der Waals surface area (Å²) in [6.45, 7) is 1.46. The Morgan fingerprint density at radius 1 is 1.38 bits per heavy atom. The Kier molecular flexibility index (Phi) is 5.51. The van der Waals surface area contributed by atoms with Crippen molar-refractivity contribution in [3.05, 3.63) is 47.0 Å². The second-order valence-corrected chi connectivity index (χ2v) is 7.11. The molecule has 114 valence electrons. The Morgan fingerprint density at radius 3 is 2.81 bits per heavy atom. The van der Waals surface area contributed by atoms with Gasteiger partial charge in [0.1, 0.15) is 0 Å². The lowest BCUT2D eigenvalue weighted by Crippen LogP contribution is -2.26. The van der Waals surface area contributed by atoms with Gasteiger partial charge in [0.15, 0.2) is 0 Å². The third-order valence-electron chi connectivity index (χ3n) is 2.97. The molecule has 1 aromatic heterocycles. The van der Waals surface area contributed by atoms with Gasteiger partial charge in [-0.1, -0.05) is 6.07 Å². The van der Waals surface area contributed by atoms with E-state index >= 15 is 0 Å². The summed E-state index contributed by atoms with van der Waals surface area (Å²) in [4.78, 5) is 4.16. The first-order valence-corrected chi connectivity index (χ1v) is 8.74. The molecule has 21 heavy (non-hydrogen) atoms. The minimum atomic E-state index is -3.52. The molecule has 2 rings (SSSR count). The Morgan fingerprint density at radius 2 is 2.19 bits per heavy atom. The van der Waals surface area contributed by atoms with Crippen molar-refractivity contribution >= 4 is 26.0 Å². The number of benzene rings is 1. The lowest BCUT2D eigenvalue weighted by atomic mass is 10.2. The fourth-order valence-electron chi connectivity index (χ4n) is 1.85. The van der Waals surface area contributed by atoms with Gasteiger partial charge < -0.3 is 10.3 Å². The molecule has 1 aromatic carbocycles. The van der Waals surface area contributed by atoms with Crippen molar-refractivity contribution in [1.82, 2.24) is 14.3 Å². The fourth-order valence-corrected chi connectivity index (χ4v) is 4.05. The molecule has 1 heterocycles. The molecule has 0 unspecified atom stereocenters. The van der Waals surface area contributed by atoms with Crippen LogP contribution in [0.2, 0.25) is 0 Å². The van der Waals surface area contributed by atoms with E-state index in [0.717, 1.165) is 12.1 Å². The lowest BCUT2D eigenvalue weighted by molar-refractivity contribution is 0.569. The van der Waals surface area contributed by atoms with Gasteiger partial charge in [-0.3, -0.25) is 0 Å². The summed E-state index contributed by atoms with van der Waals surface area (Å²) < 4.78 is 29.5. The second kappa shape index (κ2) is 7.17. The summed E-state index contributed by atoms with van der Waals surface area (Å²) in [5, 5.41) is 0. The molecule has 3 N–H and O–H groups in total. The van der Waals surface area contributed by atoms with Crippen LogP contribution in [0.4, 0.5) is 0 Å². The minimum absolute atomic E-state index is 0.224. The first-order valence-electron chi connectivity index (χ1n) is 6.47. The van der Waals surface area contributed by atoms with Crippen LogP contribution in [0.15, 0.2) is 46.3 Å². The van der Waals surface area contributed by atoms with Crippen LogP contribution >= 0.6 is 15.9 Å². The molecule has 0 fully saturated rings. The smallest absolute Gasteiger partial charge is 0.241 e. The van der Waals surface area contributed by atoms with E-state index in [2.05, 4.69) is 25.6 Å². The number of hydrogen-bond donors (Lipinski definition) is 2. The van der Waals surface area contributed by atoms with Crippen LogP contribution in [-0.4, -0.2) is 24.5 Å². The highest BCUT2D eigenvalue weighted by Crippen LogP contribution is 2.23. The molecule has 2 aromatic rings. The predicted octanol–water partition coefficient (Wildman–Crippen LogP) is 1.47. The Labute approximate surface area is 132 Å². The van der Waals surface area contributed by atoms with Crippen LogP contribution in [0.25, 0.3) is 0 Å². The van der Waals surface area contributed by atoms with Crippen molar-refractivity contribution < 1.29 is 8.42 Å². The van der Waals surface area contributed by atoms with Crippen molar-refractivity contribution in [2.45, 2.75) is 24.4 Å². The molecule has 0 aliphatic rings. The zero-order valence-electron chi connectivity index (χ0n) is 11.4. The highest BCUT2D eigenvalue weighted by atomic mass is 79.9. The van der Waals surface area contributed by atoms with Gasteiger partial charge in [0, 0.05) is 36.5 Å². The van der Waals surface area contributed by atoms with Crippen molar-refractivity contribution in [2.24, 2.45) is 5.73 Å². The number of nitrogens with zero attached hydrogens (tertiary/aromatic N) is 2. The number of hydrogen-bond acceptors (Lipinski definition) is 4. The van der Waals surface area contributed by atoms with Gasteiger partial charge in [0.25, 0.3) is 0 Å². The number of nitrogens with two attached hydrogens (primary N) is 1. The molecule has 0 radical (unpaired) electrons. The topological polar surface area (TPSA) is 90.0 Å². The highest BCUT2D eigenvalue weighted by molar-refractivity contribution is 9.10. The van der Waals surface area contributed by atoms with E-state index < -0.39 is 10.0 Å². The Hall–Kier alpha value is -1.22. The van der Waals surface area contributed by atoms with Crippen molar-refractivity contribution in [3.63, 3.8) is 0 Å². The van der Waals surface area contributed by atoms with Crippen LogP contribution in [0.1, 0.15) is 12.0 Å². The zero-order valence-corrected chi connectivity index (χ0v) is 13.8. The monoisotopic (exact) mass is 372 g/mol. The van der Waals surface area contributed by atoms with E-state index in [1.165, 1.54) is 0 Å². The maximum atomic E-state index is 12.2. The second-order valence-electron chi connectivity index (χ2n) is 4.52. The molecule has 0 spiro atoms. The van der Waals surface area contributed by atoms with Crippen molar-refractivity contribution in [1.29, 1.82) is 0 Å². The average molecular weight is 373 g/mol. The van der Waals surface area contributed by atoms with Gasteiger partial charge in [0.2, 0.25) is 10.0 Å². The number of rotatable bonds is 7. The molecule has 6 nitrogen and oxygen atoms in total. The molecule has 0 bridgehead atoms. The van der Waals surface area contributed by atoms with E-state index in [1.807, 2.05) is 10.8 Å². The maximum absolute atomic E-state index is 12.2. The molecule has 0 aliphatic heterocycles. The van der Waals surface area contributed by atoms with E-state index in [4.69, 9.17) is 5.73 Å². The van der Waals surface area contributed by atoms with Crippen LogP contribution in [0.3, 0.4) is 0 Å². The Balaban J connectivity index is 1.95. The number of imidazole rings is 1. The molecular weight excluding hydrogens is 356 g/mol. The molecule has 0 saturated heterocycles. The third-order valence-corrected chi connectivity index (χ3v) is 5.40. The van der Waals surface area contributed by atoms with E-state index in [9.17, 15) is 8.42 Å². The predicted molar refractivity (Wildman–Crippen MR) is 84.1 cm³/mol. The summed E-state index contributed by atoms with van der Waals surface area (Å²) in [6, 6.07) is 5.00. The van der Waals surface area contributed by atoms with E-state index in [0.29, 0.717) is 24.0 Å². The van der Waals surface area contributed by atoms with Crippen LogP contribution in [0, 0.1) is 0 Å². The molecule has 8 heteroatoms. The van der Waals surface area contributed by atoms with Gasteiger partial charge >= 0.3 is 0 Å². The van der Waals surface area contributed by atoms with Crippen molar-refractivity contribution in [3.8, 4) is 0 Å². The summed E-state index contributed by atoms with van der Waals surface area (Å²) >= 11 is 3.28. The molecule has 0 amide bonds. The van der Waals surface area contributed by atoms with Crippen LogP contribution in [0.5, 0.6) is 0 Å². The fraction of sp³-hybridized carbons (Fsp3) is 0.308. The van der Waals surface area contributed by atoms with Gasteiger partial charge in [-0.25, -0.2) is 18.1 Å². The van der Waals surface area contributed by atoms with Gasteiger partial charge in [-0.2, -0.15) is 0 Å². The third kappa shape index (κ3) is 4.37. The molecule has 0 saturated carbocycles. The number of halogens is 1. The number of nitrogens with one attached hydrogen (secondary N) is 1. The van der Waals surface area contributed by atoms with Crippen LogP contribution < -0.4 is 10.5 Å². The van der Waals surface area contributed by atoms with E-state index in [1.54, 1.807) is 30.7 Å². The molecular formula is C13H17BrN4O2S. The number of aromatic nitrogens is 2. The summed E-state index contributed by atoms with van der Waals surface area (Å²) in [7, 11) is -3.52. The van der Waals surface area contributed by atoms with E-state index in [-0.39, 0.29) is 4.90 Å². The first kappa shape index (κ1) is 16.2. The summed E-state index contributed by atoms with van der Waals surface area (Å²) in [5.74, 6) is 0. The maximum Gasteiger partial charge on any atom is 0.241 e. The number of aryl methyl sites for hydroxylation is 1. The van der Waals surface area contributed by atoms with Gasteiger partial charge in [0.05, 0.1) is 11.2 Å². The SMILES string of the molecule is NCc1ccc(S(=O)(=O)NCCCn2ccnc2)c(Br)c1. The highest BCUT2D eigenvalue weighted by Gasteiger charge is 2.17. The zero-order chi connectivity index (χ0) is 15.3. The average Bonchev–Trinajstić information content (AvgIpc) is 2.96.